The van der Waals surface area contributed by atoms with Crippen molar-refractivity contribution in [3.8, 4) is 0 Å². The molecule has 0 saturated heterocycles. The molecular weight excluding hydrogens is 456 g/mol. The van der Waals surface area contributed by atoms with Crippen LogP contribution in [0.4, 0.5) is 0 Å². The summed E-state index contributed by atoms with van der Waals surface area (Å²) < 4.78 is 0. The summed E-state index contributed by atoms with van der Waals surface area (Å²) in [6, 6.07) is 24.9. The normalized spacial score (nSPS) is 14.5. The van der Waals surface area contributed by atoms with E-state index in [0.717, 1.165) is 47.9 Å². The summed E-state index contributed by atoms with van der Waals surface area (Å²) in [5.74, 6) is -0.173. The van der Waals surface area contributed by atoms with E-state index in [1.54, 1.807) is 4.90 Å². The average Bonchev–Trinajstić information content (AvgIpc) is 3.37. The molecule has 0 aromatic heterocycles. The van der Waals surface area contributed by atoms with Gasteiger partial charge in [-0.3, -0.25) is 9.59 Å². The maximum atomic E-state index is 13.9. The topological polar surface area (TPSA) is 49.4 Å². The Morgan fingerprint density at radius 3 is 2.23 bits per heavy atom. The molecule has 35 heavy (non-hydrogen) atoms. The monoisotopic (exact) mass is 488 g/mol. The molecule has 1 saturated carbocycles. The second kappa shape index (κ2) is 12.0. The summed E-state index contributed by atoms with van der Waals surface area (Å²) in [5, 5.41) is 3.84. The first-order valence-electron chi connectivity index (χ1n) is 12.4. The Labute approximate surface area is 213 Å². The highest BCUT2D eigenvalue weighted by molar-refractivity contribution is 6.31. The van der Waals surface area contributed by atoms with Gasteiger partial charge in [-0.2, -0.15) is 0 Å². The van der Waals surface area contributed by atoms with Crippen LogP contribution in [-0.4, -0.2) is 28.8 Å². The number of hydrogen-bond acceptors (Lipinski definition) is 2. The van der Waals surface area contributed by atoms with Crippen LogP contribution in [0.3, 0.4) is 0 Å². The Kier molecular flexibility index (Phi) is 8.59. The number of carbonyl (C=O) groups is 2. The largest absolute Gasteiger partial charge is 0.352 e. The lowest BCUT2D eigenvalue weighted by molar-refractivity contribution is -0.141. The quantitative estimate of drug-likeness (QED) is 0.408. The first kappa shape index (κ1) is 25.0. The van der Waals surface area contributed by atoms with E-state index in [1.807, 2.05) is 85.8 Å². The summed E-state index contributed by atoms with van der Waals surface area (Å²) in [6.45, 7) is 2.29. The van der Waals surface area contributed by atoms with E-state index in [4.69, 9.17) is 11.6 Å². The fraction of sp³-hybridized carbons (Fsp3) is 0.333. The molecule has 0 spiro atoms. The number of nitrogens with one attached hydrogen (secondary N) is 1. The molecule has 5 heteroatoms. The molecule has 3 aromatic carbocycles. The molecule has 0 radical (unpaired) electrons. The highest BCUT2D eigenvalue weighted by Crippen LogP contribution is 2.23. The molecule has 1 aliphatic rings. The second-order valence-corrected chi connectivity index (χ2v) is 9.82. The lowest BCUT2D eigenvalue weighted by Gasteiger charge is -2.33. The third-order valence-corrected chi connectivity index (χ3v) is 7.24. The van der Waals surface area contributed by atoms with E-state index in [2.05, 4.69) is 5.32 Å². The van der Waals surface area contributed by atoms with Gasteiger partial charge < -0.3 is 10.2 Å². The van der Waals surface area contributed by atoms with Crippen LogP contribution in [0.2, 0.25) is 5.02 Å². The van der Waals surface area contributed by atoms with Crippen LogP contribution in [0.5, 0.6) is 0 Å². The fourth-order valence-corrected chi connectivity index (χ4v) is 5.00. The number of aryl methyl sites for hydroxylation is 1. The highest BCUT2D eigenvalue weighted by atomic mass is 35.5. The van der Waals surface area contributed by atoms with Crippen molar-refractivity contribution in [3.63, 3.8) is 0 Å². The molecular formula is C30H33ClN2O2. The van der Waals surface area contributed by atoms with Gasteiger partial charge in [-0.25, -0.2) is 0 Å². The van der Waals surface area contributed by atoms with E-state index in [-0.39, 0.29) is 30.8 Å². The Morgan fingerprint density at radius 2 is 1.54 bits per heavy atom. The molecule has 1 aliphatic carbocycles. The summed E-state index contributed by atoms with van der Waals surface area (Å²) in [4.78, 5) is 29.3. The molecule has 1 fully saturated rings. The Balaban J connectivity index is 1.68. The van der Waals surface area contributed by atoms with Crippen molar-refractivity contribution in [2.75, 3.05) is 0 Å². The van der Waals surface area contributed by atoms with E-state index in [0.29, 0.717) is 11.4 Å². The minimum atomic E-state index is -0.634. The smallest absolute Gasteiger partial charge is 0.243 e. The zero-order valence-electron chi connectivity index (χ0n) is 20.3. The van der Waals surface area contributed by atoms with Crippen LogP contribution in [0.15, 0.2) is 78.9 Å². The van der Waals surface area contributed by atoms with Gasteiger partial charge in [0.2, 0.25) is 11.8 Å². The number of halogens is 1. The molecule has 2 amide bonds. The number of hydrogen-bond donors (Lipinski definition) is 1. The highest BCUT2D eigenvalue weighted by Gasteiger charge is 2.32. The minimum absolute atomic E-state index is 0.0817. The number of carbonyl (C=O) groups excluding carboxylic acids is 2. The van der Waals surface area contributed by atoms with Crippen molar-refractivity contribution in [3.05, 3.63) is 106 Å². The summed E-state index contributed by atoms with van der Waals surface area (Å²) in [6.07, 6.45) is 4.92. The number of nitrogens with zero attached hydrogens (tertiary/aromatic N) is 1. The summed E-state index contributed by atoms with van der Waals surface area (Å²) in [7, 11) is 0. The minimum Gasteiger partial charge on any atom is -0.352 e. The molecule has 0 heterocycles. The lowest BCUT2D eigenvalue weighted by Crippen LogP contribution is -2.52. The molecule has 0 bridgehead atoms. The SMILES string of the molecule is Cc1ccccc1CC(=O)N(Cc1ccccc1Cl)[C@@H](Cc1ccccc1)C(=O)NC1CCCC1. The molecule has 4 rings (SSSR count). The van der Waals surface area contributed by atoms with Crippen molar-refractivity contribution in [2.45, 2.75) is 64.1 Å². The standard InChI is InChI=1S/C30H33ClN2O2/c1-22-11-5-6-14-24(22)20-29(34)33(21-25-15-7-10-18-27(25)31)28(19-23-12-3-2-4-13-23)30(35)32-26-16-8-9-17-26/h2-7,10-15,18,26,28H,8-9,16-17,19-21H2,1H3,(H,32,35)/t28-/m0/s1. The molecule has 1 atom stereocenters. The predicted octanol–water partition coefficient (Wildman–Crippen LogP) is 5.89. The van der Waals surface area contributed by atoms with E-state index in [1.165, 1.54) is 0 Å². The summed E-state index contributed by atoms with van der Waals surface area (Å²) in [5.41, 5.74) is 3.89. The fourth-order valence-electron chi connectivity index (χ4n) is 4.80. The third kappa shape index (κ3) is 6.73. The zero-order valence-corrected chi connectivity index (χ0v) is 21.0. The molecule has 0 aliphatic heterocycles. The number of benzene rings is 3. The van der Waals surface area contributed by atoms with Gasteiger partial charge in [0.1, 0.15) is 6.04 Å². The third-order valence-electron chi connectivity index (χ3n) is 6.87. The molecule has 4 nitrogen and oxygen atoms in total. The van der Waals surface area contributed by atoms with Crippen LogP contribution >= 0.6 is 11.6 Å². The van der Waals surface area contributed by atoms with Crippen LogP contribution in [0, 0.1) is 6.92 Å². The van der Waals surface area contributed by atoms with Crippen LogP contribution in [0.1, 0.15) is 47.9 Å². The first-order valence-corrected chi connectivity index (χ1v) is 12.8. The average molecular weight is 489 g/mol. The van der Waals surface area contributed by atoms with Gasteiger partial charge in [-0.15, -0.1) is 0 Å². The van der Waals surface area contributed by atoms with Crippen molar-refractivity contribution in [1.82, 2.24) is 10.2 Å². The van der Waals surface area contributed by atoms with Gasteiger partial charge in [0.05, 0.1) is 6.42 Å². The Morgan fingerprint density at radius 1 is 0.914 bits per heavy atom. The van der Waals surface area contributed by atoms with E-state index >= 15 is 0 Å². The van der Waals surface area contributed by atoms with Crippen molar-refractivity contribution < 1.29 is 9.59 Å². The predicted molar refractivity (Wildman–Crippen MR) is 141 cm³/mol. The lowest BCUT2D eigenvalue weighted by atomic mass is 10.00. The van der Waals surface area contributed by atoms with Gasteiger partial charge in [0, 0.05) is 24.0 Å². The van der Waals surface area contributed by atoms with Gasteiger partial charge in [-0.05, 0) is 48.1 Å². The van der Waals surface area contributed by atoms with Crippen molar-refractivity contribution in [1.29, 1.82) is 0 Å². The first-order chi connectivity index (χ1) is 17.0. The van der Waals surface area contributed by atoms with Gasteiger partial charge in [0.15, 0.2) is 0 Å². The molecule has 1 N–H and O–H groups in total. The van der Waals surface area contributed by atoms with Crippen molar-refractivity contribution >= 4 is 23.4 Å². The van der Waals surface area contributed by atoms with Gasteiger partial charge in [-0.1, -0.05) is 97.2 Å². The second-order valence-electron chi connectivity index (χ2n) is 9.41. The van der Waals surface area contributed by atoms with Crippen LogP contribution in [0.25, 0.3) is 0 Å². The Hall–Kier alpha value is -3.11. The van der Waals surface area contributed by atoms with Gasteiger partial charge >= 0.3 is 0 Å². The van der Waals surface area contributed by atoms with E-state index < -0.39 is 6.04 Å². The Bertz CT molecular complexity index is 1140. The summed E-state index contributed by atoms with van der Waals surface area (Å²) >= 11 is 6.50. The number of amides is 2. The van der Waals surface area contributed by atoms with E-state index in [9.17, 15) is 9.59 Å². The van der Waals surface area contributed by atoms with Crippen LogP contribution < -0.4 is 5.32 Å². The van der Waals surface area contributed by atoms with Crippen LogP contribution in [-0.2, 0) is 29.0 Å². The van der Waals surface area contributed by atoms with Gasteiger partial charge in [0.25, 0.3) is 0 Å². The van der Waals surface area contributed by atoms with Crippen molar-refractivity contribution in [2.24, 2.45) is 0 Å². The number of rotatable bonds is 9. The molecule has 182 valence electrons. The zero-order chi connectivity index (χ0) is 24.6. The molecule has 0 unspecified atom stereocenters. The molecule has 3 aromatic rings. The maximum absolute atomic E-state index is 13.9. The maximum Gasteiger partial charge on any atom is 0.243 e.